The fourth-order valence-corrected chi connectivity index (χ4v) is 5.02. The largest absolute Gasteiger partial charge is 0.482 e. The van der Waals surface area contributed by atoms with Crippen LogP contribution < -0.4 is 14.5 Å². The Balaban J connectivity index is 1.22. The Bertz CT molecular complexity index is 1450. The van der Waals surface area contributed by atoms with Crippen LogP contribution in [-0.4, -0.2) is 46.6 Å². The molecule has 0 unspecified atom stereocenters. The number of aliphatic carboxylic acids is 1. The Morgan fingerprint density at radius 3 is 2.53 bits per heavy atom. The van der Waals surface area contributed by atoms with E-state index in [1.54, 1.807) is 12.1 Å². The molecule has 182 valence electrons. The van der Waals surface area contributed by atoms with Crippen molar-refractivity contribution in [2.45, 2.75) is 25.8 Å². The van der Waals surface area contributed by atoms with Crippen molar-refractivity contribution in [3.63, 3.8) is 0 Å². The van der Waals surface area contributed by atoms with E-state index in [-0.39, 0.29) is 12.5 Å². The lowest BCUT2D eigenvalue weighted by Gasteiger charge is -2.29. The number of amides is 1. The number of hydrogen-bond acceptors (Lipinski definition) is 5. The van der Waals surface area contributed by atoms with Gasteiger partial charge in [0.05, 0.1) is 17.6 Å². The number of H-pyrrole nitrogens is 1. The molecule has 2 aliphatic rings. The molecule has 0 radical (unpaired) electrons. The van der Waals surface area contributed by atoms with Gasteiger partial charge in [-0.15, -0.1) is 0 Å². The molecule has 36 heavy (non-hydrogen) atoms. The third-order valence-electron chi connectivity index (χ3n) is 6.88. The first-order valence-corrected chi connectivity index (χ1v) is 12.2. The van der Waals surface area contributed by atoms with Crippen molar-refractivity contribution in [2.24, 2.45) is 0 Å². The SMILES string of the molecule is O=C(O)COc1ccc(-c2nc3cc(N4Cc5cc(N6CCCCC6)ccc5C4=O)ccc3[nH]2)cc1. The van der Waals surface area contributed by atoms with Gasteiger partial charge in [-0.2, -0.15) is 0 Å². The van der Waals surface area contributed by atoms with E-state index >= 15 is 0 Å². The molecule has 0 saturated carbocycles. The highest BCUT2D eigenvalue weighted by Gasteiger charge is 2.29. The van der Waals surface area contributed by atoms with E-state index in [1.165, 1.54) is 24.9 Å². The number of nitrogens with zero attached hydrogens (tertiary/aromatic N) is 3. The lowest BCUT2D eigenvalue weighted by molar-refractivity contribution is -0.139. The van der Waals surface area contributed by atoms with Gasteiger partial charge in [-0.05, 0) is 85.5 Å². The van der Waals surface area contributed by atoms with Gasteiger partial charge in [0.25, 0.3) is 5.91 Å². The normalized spacial score (nSPS) is 15.4. The summed E-state index contributed by atoms with van der Waals surface area (Å²) in [7, 11) is 0. The number of carboxylic acids is 1. The van der Waals surface area contributed by atoms with Gasteiger partial charge in [-0.3, -0.25) is 4.79 Å². The maximum absolute atomic E-state index is 13.2. The Kier molecular flexibility index (Phi) is 5.56. The second kappa shape index (κ2) is 9.03. The average Bonchev–Trinajstić information content (AvgIpc) is 3.48. The molecule has 8 heteroatoms. The minimum Gasteiger partial charge on any atom is -0.482 e. The molecule has 4 aromatic rings. The summed E-state index contributed by atoms with van der Waals surface area (Å²) in [5, 5.41) is 8.76. The van der Waals surface area contributed by atoms with Gasteiger partial charge in [0, 0.05) is 35.6 Å². The van der Waals surface area contributed by atoms with Crippen LogP contribution in [0, 0.1) is 0 Å². The van der Waals surface area contributed by atoms with Crippen molar-refractivity contribution < 1.29 is 19.4 Å². The molecule has 3 heterocycles. The number of benzene rings is 3. The lowest BCUT2D eigenvalue weighted by Crippen LogP contribution is -2.29. The number of piperidine rings is 1. The summed E-state index contributed by atoms with van der Waals surface area (Å²) in [6.07, 6.45) is 3.73. The molecule has 1 aromatic heterocycles. The molecule has 1 amide bonds. The number of aromatic nitrogens is 2. The minimum atomic E-state index is -1.02. The van der Waals surface area contributed by atoms with Crippen molar-refractivity contribution in [2.75, 3.05) is 29.5 Å². The van der Waals surface area contributed by atoms with Gasteiger partial charge in [-0.25, -0.2) is 9.78 Å². The number of ether oxygens (including phenoxy) is 1. The Hall–Kier alpha value is -4.33. The van der Waals surface area contributed by atoms with Gasteiger partial charge < -0.3 is 24.6 Å². The predicted molar refractivity (Wildman–Crippen MR) is 138 cm³/mol. The number of carbonyl (C=O) groups is 2. The highest BCUT2D eigenvalue weighted by Crippen LogP contribution is 2.33. The van der Waals surface area contributed by atoms with Crippen LogP contribution in [-0.2, 0) is 11.3 Å². The third kappa shape index (κ3) is 4.15. The van der Waals surface area contributed by atoms with Crippen LogP contribution in [0.15, 0.2) is 60.7 Å². The van der Waals surface area contributed by atoms with E-state index in [0.717, 1.165) is 46.5 Å². The van der Waals surface area contributed by atoms with Gasteiger partial charge in [0.15, 0.2) is 6.61 Å². The van der Waals surface area contributed by atoms with E-state index in [2.05, 4.69) is 22.0 Å². The lowest BCUT2D eigenvalue weighted by atomic mass is 10.1. The van der Waals surface area contributed by atoms with E-state index in [9.17, 15) is 9.59 Å². The van der Waals surface area contributed by atoms with Crippen LogP contribution in [0.1, 0.15) is 35.2 Å². The molecule has 1 fully saturated rings. The second-order valence-electron chi connectivity index (χ2n) is 9.27. The quantitative estimate of drug-likeness (QED) is 0.408. The van der Waals surface area contributed by atoms with E-state index in [4.69, 9.17) is 14.8 Å². The van der Waals surface area contributed by atoms with Crippen LogP contribution in [0.4, 0.5) is 11.4 Å². The van der Waals surface area contributed by atoms with Crippen molar-refractivity contribution in [3.8, 4) is 17.1 Å². The first kappa shape index (κ1) is 22.2. The zero-order valence-corrected chi connectivity index (χ0v) is 19.7. The second-order valence-corrected chi connectivity index (χ2v) is 9.27. The zero-order chi connectivity index (χ0) is 24.6. The highest BCUT2D eigenvalue weighted by atomic mass is 16.5. The Morgan fingerprint density at radius 2 is 1.75 bits per heavy atom. The molecular formula is C28H26N4O4. The van der Waals surface area contributed by atoms with Crippen LogP contribution >= 0.6 is 0 Å². The van der Waals surface area contributed by atoms with Gasteiger partial charge in [-0.1, -0.05) is 0 Å². The highest BCUT2D eigenvalue weighted by molar-refractivity contribution is 6.10. The fraction of sp³-hybridized carbons (Fsp3) is 0.250. The average molecular weight is 483 g/mol. The number of anilines is 2. The number of hydrogen-bond donors (Lipinski definition) is 2. The smallest absolute Gasteiger partial charge is 0.341 e. The number of rotatable bonds is 6. The van der Waals surface area contributed by atoms with Crippen LogP contribution in [0.3, 0.4) is 0 Å². The van der Waals surface area contributed by atoms with Gasteiger partial charge in [0.1, 0.15) is 11.6 Å². The monoisotopic (exact) mass is 482 g/mol. The Morgan fingerprint density at radius 1 is 0.972 bits per heavy atom. The van der Waals surface area contributed by atoms with Crippen molar-refractivity contribution in [1.29, 1.82) is 0 Å². The van der Waals surface area contributed by atoms with E-state index < -0.39 is 5.97 Å². The maximum Gasteiger partial charge on any atom is 0.341 e. The van der Waals surface area contributed by atoms with E-state index in [1.807, 2.05) is 41.3 Å². The molecule has 1 saturated heterocycles. The third-order valence-corrected chi connectivity index (χ3v) is 6.88. The van der Waals surface area contributed by atoms with Crippen molar-refractivity contribution >= 4 is 34.3 Å². The molecule has 0 bridgehead atoms. The molecule has 0 aliphatic carbocycles. The molecule has 2 N–H and O–H groups in total. The van der Waals surface area contributed by atoms with Gasteiger partial charge >= 0.3 is 5.97 Å². The number of fused-ring (bicyclic) bond motifs is 2. The zero-order valence-electron chi connectivity index (χ0n) is 19.7. The van der Waals surface area contributed by atoms with Gasteiger partial charge in [0.2, 0.25) is 0 Å². The molecule has 3 aromatic carbocycles. The summed E-state index contributed by atoms with van der Waals surface area (Å²) >= 11 is 0. The first-order chi connectivity index (χ1) is 17.5. The number of imidazole rings is 1. The standard InChI is InChI=1S/C28H26N4O4/c33-26(34)17-36-22-8-4-18(5-9-22)27-29-24-11-7-21(15-25(24)30-27)32-16-19-14-20(6-10-23(19)28(32)35)31-12-2-1-3-13-31/h4-11,14-15H,1-3,12-13,16-17H2,(H,29,30)(H,33,34). The number of aromatic amines is 1. The van der Waals surface area contributed by atoms with Crippen LogP contribution in [0.5, 0.6) is 5.75 Å². The summed E-state index contributed by atoms with van der Waals surface area (Å²) in [4.78, 5) is 36.2. The number of carboxylic acid groups (broad SMARTS) is 1. The topological polar surface area (TPSA) is 98.8 Å². The summed E-state index contributed by atoms with van der Waals surface area (Å²) < 4.78 is 5.20. The Labute approximate surface area is 208 Å². The molecule has 8 nitrogen and oxygen atoms in total. The summed E-state index contributed by atoms with van der Waals surface area (Å²) in [5.74, 6) is 0.167. The number of nitrogens with one attached hydrogen (secondary N) is 1. The minimum absolute atomic E-state index is 0.0160. The fourth-order valence-electron chi connectivity index (χ4n) is 5.02. The van der Waals surface area contributed by atoms with Crippen molar-refractivity contribution in [1.82, 2.24) is 9.97 Å². The first-order valence-electron chi connectivity index (χ1n) is 12.2. The summed E-state index contributed by atoms with van der Waals surface area (Å²) in [6.45, 7) is 2.32. The summed E-state index contributed by atoms with van der Waals surface area (Å²) in [5.41, 5.74) is 6.35. The molecule has 0 atom stereocenters. The molecule has 0 spiro atoms. The maximum atomic E-state index is 13.2. The molecule has 2 aliphatic heterocycles. The summed E-state index contributed by atoms with van der Waals surface area (Å²) in [6, 6.07) is 19.1. The molecular weight excluding hydrogens is 456 g/mol. The van der Waals surface area contributed by atoms with E-state index in [0.29, 0.717) is 18.1 Å². The van der Waals surface area contributed by atoms with Crippen LogP contribution in [0.2, 0.25) is 0 Å². The number of carbonyl (C=O) groups excluding carboxylic acids is 1. The molecule has 6 rings (SSSR count). The predicted octanol–water partition coefficient (Wildman–Crippen LogP) is 4.84. The van der Waals surface area contributed by atoms with Crippen molar-refractivity contribution in [3.05, 3.63) is 71.8 Å². The van der Waals surface area contributed by atoms with Crippen LogP contribution in [0.25, 0.3) is 22.4 Å².